The van der Waals surface area contributed by atoms with Crippen LogP contribution in [0.4, 0.5) is 5.69 Å². The molecule has 1 aliphatic rings. The molecule has 2 rings (SSSR count). The molecule has 1 heterocycles. The highest BCUT2D eigenvalue weighted by molar-refractivity contribution is 5.98. The first-order valence-electron chi connectivity index (χ1n) is 6.75. The van der Waals surface area contributed by atoms with E-state index in [-0.39, 0.29) is 12.5 Å². The van der Waals surface area contributed by atoms with Crippen molar-refractivity contribution < 1.29 is 9.90 Å². The highest BCUT2D eigenvalue weighted by Gasteiger charge is 2.31. The Kier molecular flexibility index (Phi) is 4.22. The van der Waals surface area contributed by atoms with Crippen molar-refractivity contribution in [2.45, 2.75) is 26.3 Å². The number of hydrogen-bond acceptors (Lipinski definition) is 3. The van der Waals surface area contributed by atoms with E-state index in [0.29, 0.717) is 6.54 Å². The maximum absolute atomic E-state index is 12.6. The average molecular weight is 262 g/mol. The van der Waals surface area contributed by atoms with Gasteiger partial charge in [-0.1, -0.05) is 18.2 Å². The van der Waals surface area contributed by atoms with Gasteiger partial charge in [-0.2, -0.15) is 0 Å². The summed E-state index contributed by atoms with van der Waals surface area (Å²) >= 11 is 0. The molecular formula is C15H22N2O2. The van der Waals surface area contributed by atoms with Crippen LogP contribution in [0.1, 0.15) is 17.5 Å². The summed E-state index contributed by atoms with van der Waals surface area (Å²) in [6, 6.07) is 5.63. The quantitative estimate of drug-likeness (QED) is 0.874. The molecule has 1 fully saturated rings. The van der Waals surface area contributed by atoms with E-state index in [2.05, 4.69) is 0 Å². The number of benzene rings is 1. The lowest BCUT2D eigenvalue weighted by Gasteiger charge is -2.28. The van der Waals surface area contributed by atoms with Crippen molar-refractivity contribution in [2.75, 3.05) is 31.6 Å². The molecule has 1 saturated heterocycles. The van der Waals surface area contributed by atoms with Gasteiger partial charge in [0.1, 0.15) is 6.04 Å². The summed E-state index contributed by atoms with van der Waals surface area (Å²) < 4.78 is 0. The molecule has 4 nitrogen and oxygen atoms in total. The first kappa shape index (κ1) is 14.0. The third-order valence-electron chi connectivity index (χ3n) is 3.86. The Morgan fingerprint density at radius 2 is 1.89 bits per heavy atom. The van der Waals surface area contributed by atoms with Crippen LogP contribution in [0.3, 0.4) is 0 Å². The Labute approximate surface area is 114 Å². The third-order valence-corrected chi connectivity index (χ3v) is 3.86. The van der Waals surface area contributed by atoms with Crippen LogP contribution in [0.2, 0.25) is 0 Å². The van der Waals surface area contributed by atoms with Crippen LogP contribution in [0.15, 0.2) is 18.2 Å². The number of hydrogen-bond donors (Lipinski definition) is 1. The third kappa shape index (κ3) is 2.65. The van der Waals surface area contributed by atoms with Gasteiger partial charge in [0.25, 0.3) is 0 Å². The number of para-hydroxylation sites is 1. The first-order chi connectivity index (χ1) is 9.06. The maximum Gasteiger partial charge on any atom is 0.246 e. The predicted molar refractivity (Wildman–Crippen MR) is 76.4 cm³/mol. The van der Waals surface area contributed by atoms with E-state index in [9.17, 15) is 9.90 Å². The lowest BCUT2D eigenvalue weighted by molar-refractivity contribution is -0.123. The summed E-state index contributed by atoms with van der Waals surface area (Å²) in [5.41, 5.74) is 3.21. The number of aliphatic hydroxyl groups is 1. The summed E-state index contributed by atoms with van der Waals surface area (Å²) in [5.74, 6) is -0.0000926. The van der Waals surface area contributed by atoms with Crippen molar-refractivity contribution in [3.63, 3.8) is 0 Å². The standard InChI is InChI=1S/C15H22N2O2/c1-11-6-4-7-12(2)14(11)17-9-5-8-16(3)13(10-18)15(17)19/h4,6-7,13,18H,5,8-10H2,1-3H3. The summed E-state index contributed by atoms with van der Waals surface area (Å²) in [5, 5.41) is 9.47. The molecule has 1 aliphatic heterocycles. The average Bonchev–Trinajstić information content (AvgIpc) is 2.49. The van der Waals surface area contributed by atoms with Gasteiger partial charge in [-0.05, 0) is 38.4 Å². The highest BCUT2D eigenvalue weighted by atomic mass is 16.3. The van der Waals surface area contributed by atoms with E-state index < -0.39 is 6.04 Å². The van der Waals surface area contributed by atoms with Gasteiger partial charge >= 0.3 is 0 Å². The molecule has 1 N–H and O–H groups in total. The molecule has 1 unspecified atom stereocenters. The number of aryl methyl sites for hydroxylation is 2. The van der Waals surface area contributed by atoms with E-state index in [0.717, 1.165) is 29.8 Å². The van der Waals surface area contributed by atoms with Gasteiger partial charge < -0.3 is 10.0 Å². The summed E-state index contributed by atoms with van der Waals surface area (Å²) in [4.78, 5) is 16.4. The van der Waals surface area contributed by atoms with Crippen molar-refractivity contribution >= 4 is 11.6 Å². The Hall–Kier alpha value is -1.39. The van der Waals surface area contributed by atoms with Crippen LogP contribution in [0.25, 0.3) is 0 Å². The van der Waals surface area contributed by atoms with Crippen LogP contribution >= 0.6 is 0 Å². The van der Waals surface area contributed by atoms with Crippen LogP contribution in [-0.2, 0) is 4.79 Å². The summed E-state index contributed by atoms with van der Waals surface area (Å²) in [6.45, 7) is 5.47. The van der Waals surface area contributed by atoms with E-state index in [1.807, 2.05) is 48.9 Å². The Bertz CT molecular complexity index is 453. The van der Waals surface area contributed by atoms with Gasteiger partial charge in [-0.15, -0.1) is 0 Å². The fourth-order valence-corrected chi connectivity index (χ4v) is 2.78. The molecular weight excluding hydrogens is 240 g/mol. The molecule has 0 aromatic heterocycles. The lowest BCUT2D eigenvalue weighted by Crippen LogP contribution is -2.47. The van der Waals surface area contributed by atoms with Crippen molar-refractivity contribution in [1.29, 1.82) is 0 Å². The molecule has 0 saturated carbocycles. The van der Waals surface area contributed by atoms with Gasteiger partial charge in [-0.3, -0.25) is 9.69 Å². The minimum atomic E-state index is -0.429. The molecule has 1 atom stereocenters. The van der Waals surface area contributed by atoms with Crippen LogP contribution in [-0.4, -0.2) is 48.7 Å². The minimum Gasteiger partial charge on any atom is -0.394 e. The largest absolute Gasteiger partial charge is 0.394 e. The smallest absolute Gasteiger partial charge is 0.246 e. The number of carbonyl (C=O) groups excluding carboxylic acids is 1. The number of rotatable bonds is 2. The molecule has 1 aromatic rings. The fraction of sp³-hybridized carbons (Fsp3) is 0.533. The summed E-state index contributed by atoms with van der Waals surface area (Å²) in [6.07, 6.45) is 0.923. The number of carbonyl (C=O) groups is 1. The number of amides is 1. The zero-order chi connectivity index (χ0) is 14.0. The van der Waals surface area contributed by atoms with Crippen LogP contribution in [0.5, 0.6) is 0 Å². The molecule has 1 amide bonds. The Balaban J connectivity index is 2.40. The lowest BCUT2D eigenvalue weighted by atomic mass is 10.1. The normalized spacial score (nSPS) is 21.6. The molecule has 104 valence electrons. The zero-order valence-electron chi connectivity index (χ0n) is 11.9. The molecule has 0 aliphatic carbocycles. The van der Waals surface area contributed by atoms with Gasteiger partial charge in [0.2, 0.25) is 5.91 Å². The molecule has 0 spiro atoms. The number of nitrogens with zero attached hydrogens (tertiary/aromatic N) is 2. The second kappa shape index (κ2) is 5.72. The summed E-state index contributed by atoms with van der Waals surface area (Å²) in [7, 11) is 1.90. The van der Waals surface area contributed by atoms with Crippen molar-refractivity contribution in [2.24, 2.45) is 0 Å². The van der Waals surface area contributed by atoms with Gasteiger partial charge in [0.05, 0.1) is 6.61 Å². The predicted octanol–water partition coefficient (Wildman–Crippen LogP) is 1.33. The van der Waals surface area contributed by atoms with Crippen LogP contribution < -0.4 is 4.90 Å². The number of likely N-dealkylation sites (N-methyl/N-ethyl adjacent to an activating group) is 1. The van der Waals surface area contributed by atoms with Crippen molar-refractivity contribution in [3.05, 3.63) is 29.3 Å². The van der Waals surface area contributed by atoms with E-state index in [4.69, 9.17) is 0 Å². The molecule has 0 radical (unpaired) electrons. The Morgan fingerprint density at radius 3 is 2.47 bits per heavy atom. The van der Waals surface area contributed by atoms with Gasteiger partial charge in [0, 0.05) is 18.8 Å². The van der Waals surface area contributed by atoms with Gasteiger partial charge in [0.15, 0.2) is 0 Å². The SMILES string of the molecule is Cc1cccc(C)c1N1CCCN(C)C(CO)C1=O. The number of aliphatic hydroxyl groups excluding tert-OH is 1. The van der Waals surface area contributed by atoms with Crippen molar-refractivity contribution in [3.8, 4) is 0 Å². The molecule has 4 heteroatoms. The molecule has 0 bridgehead atoms. The zero-order valence-corrected chi connectivity index (χ0v) is 11.9. The number of anilines is 1. The van der Waals surface area contributed by atoms with Crippen molar-refractivity contribution in [1.82, 2.24) is 4.90 Å². The minimum absolute atomic E-state index is 0.0000926. The van der Waals surface area contributed by atoms with E-state index >= 15 is 0 Å². The van der Waals surface area contributed by atoms with E-state index in [1.165, 1.54) is 0 Å². The fourth-order valence-electron chi connectivity index (χ4n) is 2.78. The topological polar surface area (TPSA) is 43.8 Å². The second-order valence-corrected chi connectivity index (χ2v) is 5.26. The molecule has 19 heavy (non-hydrogen) atoms. The molecule has 1 aromatic carbocycles. The maximum atomic E-state index is 12.6. The van der Waals surface area contributed by atoms with Crippen LogP contribution in [0, 0.1) is 13.8 Å². The Morgan fingerprint density at radius 1 is 1.26 bits per heavy atom. The highest BCUT2D eigenvalue weighted by Crippen LogP contribution is 2.27. The van der Waals surface area contributed by atoms with Gasteiger partial charge in [-0.25, -0.2) is 0 Å². The monoisotopic (exact) mass is 262 g/mol. The van der Waals surface area contributed by atoms with E-state index in [1.54, 1.807) is 0 Å². The first-order valence-corrected chi connectivity index (χ1v) is 6.75. The second-order valence-electron chi connectivity index (χ2n) is 5.26.